The predicted molar refractivity (Wildman–Crippen MR) is 18.1 cm³/mol. The second kappa shape index (κ2) is 9.38. The minimum absolute atomic E-state index is 0. The Balaban J connectivity index is 0. The molecule has 0 aromatic carbocycles. The Hall–Kier alpha value is 0.670. The molecule has 0 bridgehead atoms. The molecule has 3 nitrogen and oxygen atoms in total. The number of hydrogen-bond donors (Lipinski definition) is 2. The van der Waals surface area contributed by atoms with Crippen molar-refractivity contribution in [3.8, 4) is 0 Å². The molecule has 5 N–H and O–H groups in total. The summed E-state index contributed by atoms with van der Waals surface area (Å²) in [7, 11) is 0. The van der Waals surface area contributed by atoms with Crippen LogP contribution in [0.4, 0.5) is 0 Å². The van der Waals surface area contributed by atoms with Gasteiger partial charge in [-0.05, 0) is 0 Å². The SMILES string of the molecule is NN[TeH].O. The first kappa shape index (κ1) is 8.82. The van der Waals surface area contributed by atoms with Gasteiger partial charge in [0.2, 0.25) is 0 Å². The summed E-state index contributed by atoms with van der Waals surface area (Å²) in [6, 6.07) is 0. The monoisotopic (exact) mass is 180 g/mol. The van der Waals surface area contributed by atoms with E-state index < -0.39 is 0 Å². The molecular formula is H6N2OTe. The largest absolute Gasteiger partial charge is 0.412 e. The van der Waals surface area contributed by atoms with Crippen molar-refractivity contribution in [2.45, 2.75) is 0 Å². The molecular weight excluding hydrogens is 172 g/mol. The predicted octanol–water partition coefficient (Wildman–Crippen LogP) is -2.56. The van der Waals surface area contributed by atoms with Gasteiger partial charge in [0.1, 0.15) is 0 Å². The van der Waals surface area contributed by atoms with Crippen LogP contribution < -0.4 is 9.52 Å². The molecule has 0 aromatic rings. The normalized spacial score (nSPS) is 4.50. The van der Waals surface area contributed by atoms with Gasteiger partial charge in [-0.3, -0.25) is 0 Å². The van der Waals surface area contributed by atoms with Gasteiger partial charge in [0.15, 0.2) is 0 Å². The molecule has 4 heavy (non-hydrogen) atoms. The Morgan fingerprint density at radius 3 is 1.75 bits per heavy atom. The molecule has 0 amide bonds. The van der Waals surface area contributed by atoms with Gasteiger partial charge < -0.3 is 5.48 Å². The zero-order chi connectivity index (χ0) is 2.71. The van der Waals surface area contributed by atoms with Gasteiger partial charge in [0.05, 0.1) is 0 Å². The van der Waals surface area contributed by atoms with E-state index >= 15 is 0 Å². The van der Waals surface area contributed by atoms with E-state index in [1.54, 1.807) is 0 Å². The fourth-order valence-electron chi connectivity index (χ4n) is 0. The Bertz CT molecular complexity index is 6.00. The third-order valence-electron chi connectivity index (χ3n) is 0. The van der Waals surface area contributed by atoms with Crippen LogP contribution in [-0.4, -0.2) is 28.0 Å². The van der Waals surface area contributed by atoms with E-state index in [-0.39, 0.29) is 5.48 Å². The minimum Gasteiger partial charge on any atom is -0.412 e. The van der Waals surface area contributed by atoms with Gasteiger partial charge in [-0.2, -0.15) is 0 Å². The third-order valence-corrected chi connectivity index (χ3v) is 0. The number of hydrazine groups is 1. The summed E-state index contributed by atoms with van der Waals surface area (Å²) in [6.07, 6.45) is 0. The first-order valence-corrected chi connectivity index (χ1v) is 1.79. The number of hydrogen-bond acceptors (Lipinski definition) is 2. The maximum atomic E-state index is 4.62. The smallest absolute Gasteiger partial charge is 0.412 e. The van der Waals surface area contributed by atoms with Crippen molar-refractivity contribution < 1.29 is 5.48 Å². The summed E-state index contributed by atoms with van der Waals surface area (Å²) in [5, 5.41) is 0. The number of rotatable bonds is 0. The van der Waals surface area contributed by atoms with Crippen LogP contribution in [0, 0.1) is 0 Å². The summed E-state index contributed by atoms with van der Waals surface area (Å²) in [5.41, 5.74) is 0. The van der Waals surface area contributed by atoms with Crippen LogP contribution in [0.3, 0.4) is 0 Å². The molecule has 0 aliphatic carbocycles. The quantitative estimate of drug-likeness (QED) is 0.243. The van der Waals surface area contributed by atoms with E-state index in [2.05, 4.69) is 9.52 Å². The summed E-state index contributed by atoms with van der Waals surface area (Å²) in [5.74, 6) is 4.62. The molecule has 4 heteroatoms. The number of nitrogens with one attached hydrogen (secondary N) is 1. The van der Waals surface area contributed by atoms with Crippen molar-refractivity contribution in [1.82, 2.24) is 3.68 Å². The molecule has 0 atom stereocenters. The van der Waals surface area contributed by atoms with Gasteiger partial charge in [0.25, 0.3) is 0 Å². The van der Waals surface area contributed by atoms with Crippen LogP contribution in [0.2, 0.25) is 0 Å². The van der Waals surface area contributed by atoms with Crippen molar-refractivity contribution >= 4 is 22.6 Å². The molecule has 0 aromatic heterocycles. The van der Waals surface area contributed by atoms with E-state index in [0.717, 1.165) is 0 Å². The molecule has 0 heterocycles. The van der Waals surface area contributed by atoms with Crippen LogP contribution in [0.1, 0.15) is 0 Å². The summed E-state index contributed by atoms with van der Waals surface area (Å²) in [4.78, 5) is 0. The second-order valence-electron chi connectivity index (χ2n) is 0.129. The fourth-order valence-corrected chi connectivity index (χ4v) is 0. The average Bonchev–Trinajstić information content (AvgIpc) is 0.918. The van der Waals surface area contributed by atoms with E-state index in [4.69, 9.17) is 0 Å². The maximum Gasteiger partial charge on any atom is -0.412 e. The van der Waals surface area contributed by atoms with Crippen LogP contribution in [0.25, 0.3) is 0 Å². The van der Waals surface area contributed by atoms with Crippen LogP contribution in [-0.2, 0) is 0 Å². The summed E-state index contributed by atoms with van der Waals surface area (Å²) in [6.45, 7) is 0. The Morgan fingerprint density at radius 1 is 1.75 bits per heavy atom. The van der Waals surface area contributed by atoms with E-state index in [9.17, 15) is 0 Å². The van der Waals surface area contributed by atoms with E-state index in [1.165, 1.54) is 22.6 Å². The molecule has 0 radical (unpaired) electrons. The molecule has 0 aliphatic rings. The van der Waals surface area contributed by atoms with Gasteiger partial charge in [-0.1, -0.05) is 0 Å². The standard InChI is InChI=1S/H4N2Te.H2O/c1-2-3;/h2-3H,1H2;1H2. The second-order valence-corrected chi connectivity index (χ2v) is 0.866. The molecule has 0 saturated heterocycles. The molecule has 0 aliphatic heterocycles. The van der Waals surface area contributed by atoms with E-state index in [0.29, 0.717) is 0 Å². The zero-order valence-electron chi connectivity index (χ0n) is 2.02. The molecule has 0 saturated carbocycles. The van der Waals surface area contributed by atoms with Crippen molar-refractivity contribution in [2.75, 3.05) is 0 Å². The molecule has 0 spiro atoms. The fraction of sp³-hybridized carbons (Fsp3) is 0. The van der Waals surface area contributed by atoms with Gasteiger partial charge >= 0.3 is 32.1 Å². The zero-order valence-corrected chi connectivity index (χ0v) is 4.58. The Labute approximate surface area is 38.1 Å². The summed E-state index contributed by atoms with van der Waals surface area (Å²) < 4.78 is 2.30. The summed E-state index contributed by atoms with van der Waals surface area (Å²) >= 11 is 1.38. The molecule has 0 fully saturated rings. The minimum atomic E-state index is 0. The molecule has 28 valence electrons. The van der Waals surface area contributed by atoms with Crippen molar-refractivity contribution in [3.05, 3.63) is 0 Å². The third kappa shape index (κ3) is 16.6. The van der Waals surface area contributed by atoms with Crippen LogP contribution >= 0.6 is 0 Å². The van der Waals surface area contributed by atoms with Gasteiger partial charge in [0, 0.05) is 0 Å². The van der Waals surface area contributed by atoms with E-state index in [1.807, 2.05) is 0 Å². The van der Waals surface area contributed by atoms with Gasteiger partial charge in [-0.25, -0.2) is 0 Å². The Kier molecular flexibility index (Phi) is 20.7. The van der Waals surface area contributed by atoms with Crippen molar-refractivity contribution in [2.24, 2.45) is 5.84 Å². The first-order valence-electron chi connectivity index (χ1n) is 0.512. The van der Waals surface area contributed by atoms with Crippen LogP contribution in [0.5, 0.6) is 0 Å². The molecule has 0 unspecified atom stereocenters. The topological polar surface area (TPSA) is 69.5 Å². The first-order chi connectivity index (χ1) is 1.41. The van der Waals surface area contributed by atoms with Crippen LogP contribution in [0.15, 0.2) is 0 Å². The Morgan fingerprint density at radius 2 is 1.75 bits per heavy atom. The average molecular weight is 178 g/mol. The van der Waals surface area contributed by atoms with Crippen molar-refractivity contribution in [3.63, 3.8) is 0 Å². The van der Waals surface area contributed by atoms with Gasteiger partial charge in [-0.15, -0.1) is 0 Å². The molecule has 0 rings (SSSR count). The van der Waals surface area contributed by atoms with Crippen molar-refractivity contribution in [1.29, 1.82) is 0 Å². The number of nitrogens with two attached hydrogens (primary N) is 1. The maximum absolute atomic E-state index is 4.62.